The van der Waals surface area contributed by atoms with Crippen molar-refractivity contribution in [3.63, 3.8) is 0 Å². The number of anilines is 1. The molecule has 1 atom stereocenters. The van der Waals surface area contributed by atoms with E-state index in [9.17, 15) is 8.42 Å². The summed E-state index contributed by atoms with van der Waals surface area (Å²) in [5.41, 5.74) is 7.13. The fraction of sp³-hybridized carbons (Fsp3) is 0.571. The molecule has 0 bridgehead atoms. The summed E-state index contributed by atoms with van der Waals surface area (Å²) in [6, 6.07) is 6.70. The number of hydrogen-bond acceptors (Lipinski definition) is 4. The maximum Gasteiger partial charge on any atom is 0.240 e. The topological polar surface area (TPSA) is 84.2 Å². The van der Waals surface area contributed by atoms with Crippen LogP contribution in [0.1, 0.15) is 27.2 Å². The highest BCUT2D eigenvalue weighted by Gasteiger charge is 2.15. The third-order valence-corrected chi connectivity index (χ3v) is 4.31. The monoisotopic (exact) mass is 299 g/mol. The fourth-order valence-corrected chi connectivity index (χ4v) is 2.71. The molecule has 0 aromatic heterocycles. The summed E-state index contributed by atoms with van der Waals surface area (Å²) in [4.78, 5) is 0.254. The third kappa shape index (κ3) is 5.48. The van der Waals surface area contributed by atoms with Crippen LogP contribution in [0.4, 0.5) is 5.69 Å². The highest BCUT2D eigenvalue weighted by atomic mass is 32.2. The molecule has 114 valence electrons. The Bertz CT molecular complexity index is 518. The summed E-state index contributed by atoms with van der Waals surface area (Å²) in [5.74, 6) is 0. The molecule has 1 aromatic carbocycles. The van der Waals surface area contributed by atoms with Gasteiger partial charge in [-0.05, 0) is 43.1 Å². The van der Waals surface area contributed by atoms with Crippen LogP contribution in [0.15, 0.2) is 29.2 Å². The van der Waals surface area contributed by atoms with Crippen molar-refractivity contribution in [3.8, 4) is 0 Å². The third-order valence-electron chi connectivity index (χ3n) is 2.88. The van der Waals surface area contributed by atoms with Crippen molar-refractivity contribution in [1.29, 1.82) is 0 Å². The summed E-state index contributed by atoms with van der Waals surface area (Å²) in [6.07, 6.45) is 0.923. The Hall–Kier alpha value is -1.11. The van der Waals surface area contributed by atoms with E-state index in [-0.39, 0.29) is 16.4 Å². The predicted molar refractivity (Wildman–Crippen MR) is 83.2 cm³/mol. The van der Waals surface area contributed by atoms with Crippen molar-refractivity contribution in [2.24, 2.45) is 11.1 Å². The number of rotatable bonds is 6. The minimum absolute atomic E-state index is 0.0655. The maximum atomic E-state index is 11.6. The van der Waals surface area contributed by atoms with Crippen molar-refractivity contribution in [3.05, 3.63) is 24.3 Å². The summed E-state index contributed by atoms with van der Waals surface area (Å²) in [7, 11) is -1.98. The summed E-state index contributed by atoms with van der Waals surface area (Å²) in [6.45, 7) is 7.13. The second kappa shape index (κ2) is 6.56. The van der Waals surface area contributed by atoms with Gasteiger partial charge in [0.1, 0.15) is 0 Å². The molecule has 0 aliphatic heterocycles. The largest absolute Gasteiger partial charge is 0.383 e. The quantitative estimate of drug-likeness (QED) is 0.747. The summed E-state index contributed by atoms with van der Waals surface area (Å²) < 4.78 is 25.5. The van der Waals surface area contributed by atoms with Crippen LogP contribution in [0.2, 0.25) is 0 Å². The molecule has 1 unspecified atom stereocenters. The lowest BCUT2D eigenvalue weighted by atomic mass is 9.88. The van der Waals surface area contributed by atoms with Crippen LogP contribution in [0.3, 0.4) is 0 Å². The van der Waals surface area contributed by atoms with Crippen LogP contribution in [-0.2, 0) is 10.0 Å². The Morgan fingerprint density at radius 1 is 1.20 bits per heavy atom. The van der Waals surface area contributed by atoms with Gasteiger partial charge in [-0.25, -0.2) is 13.1 Å². The van der Waals surface area contributed by atoms with E-state index >= 15 is 0 Å². The van der Waals surface area contributed by atoms with E-state index < -0.39 is 10.0 Å². The minimum atomic E-state index is -3.37. The van der Waals surface area contributed by atoms with Gasteiger partial charge in [0.25, 0.3) is 0 Å². The van der Waals surface area contributed by atoms with Gasteiger partial charge in [-0.3, -0.25) is 0 Å². The van der Waals surface area contributed by atoms with Crippen molar-refractivity contribution in [1.82, 2.24) is 4.72 Å². The Morgan fingerprint density at radius 3 is 2.20 bits per heavy atom. The van der Waals surface area contributed by atoms with Crippen LogP contribution in [0, 0.1) is 5.41 Å². The second-order valence-corrected chi connectivity index (χ2v) is 8.02. The van der Waals surface area contributed by atoms with Gasteiger partial charge in [-0.2, -0.15) is 0 Å². The Labute approximate surface area is 122 Å². The summed E-state index contributed by atoms with van der Waals surface area (Å²) >= 11 is 0. The number of nitrogens with one attached hydrogen (secondary N) is 2. The Balaban J connectivity index is 2.59. The maximum absolute atomic E-state index is 11.6. The molecule has 1 aromatic rings. The molecule has 0 saturated heterocycles. The molecule has 6 heteroatoms. The van der Waals surface area contributed by atoms with E-state index in [0.717, 1.165) is 12.1 Å². The molecular weight excluding hydrogens is 274 g/mol. The number of nitrogens with two attached hydrogens (primary N) is 1. The Morgan fingerprint density at radius 2 is 1.75 bits per heavy atom. The zero-order chi connectivity index (χ0) is 15.4. The van der Waals surface area contributed by atoms with Gasteiger partial charge in [-0.15, -0.1) is 0 Å². The molecule has 4 N–H and O–H groups in total. The summed E-state index contributed by atoms with van der Waals surface area (Å²) in [5, 5.41) is 3.22. The highest BCUT2D eigenvalue weighted by Crippen LogP contribution is 2.20. The van der Waals surface area contributed by atoms with E-state index in [1.807, 2.05) is 0 Å². The molecule has 0 heterocycles. The average Bonchev–Trinajstić information content (AvgIpc) is 2.35. The van der Waals surface area contributed by atoms with Crippen molar-refractivity contribution in [2.45, 2.75) is 38.1 Å². The van der Waals surface area contributed by atoms with Gasteiger partial charge >= 0.3 is 0 Å². The van der Waals surface area contributed by atoms with Crippen molar-refractivity contribution < 1.29 is 8.42 Å². The molecule has 0 saturated carbocycles. The first-order valence-electron chi connectivity index (χ1n) is 6.67. The van der Waals surface area contributed by atoms with Crippen LogP contribution in [0.25, 0.3) is 0 Å². The number of benzene rings is 1. The van der Waals surface area contributed by atoms with Gasteiger partial charge in [0.2, 0.25) is 10.0 Å². The number of hydrogen-bond donors (Lipinski definition) is 3. The minimum Gasteiger partial charge on any atom is -0.383 e. The first-order chi connectivity index (χ1) is 9.14. The van der Waals surface area contributed by atoms with Crippen LogP contribution < -0.4 is 15.8 Å². The van der Waals surface area contributed by atoms with Gasteiger partial charge in [-0.1, -0.05) is 20.8 Å². The van der Waals surface area contributed by atoms with E-state index in [4.69, 9.17) is 5.73 Å². The van der Waals surface area contributed by atoms with Crippen molar-refractivity contribution >= 4 is 15.7 Å². The standard InChI is InChI=1S/C14H25N3O2S/c1-14(2,3)9-11(15)10-17-12-5-7-13(8-6-12)20(18,19)16-4/h5-8,11,16-17H,9-10,15H2,1-4H3. The smallest absolute Gasteiger partial charge is 0.240 e. The van der Waals surface area contributed by atoms with E-state index in [0.29, 0.717) is 6.54 Å². The first kappa shape index (κ1) is 16.9. The molecule has 0 amide bonds. The molecular formula is C14H25N3O2S. The molecule has 0 aliphatic carbocycles. The molecule has 20 heavy (non-hydrogen) atoms. The fourth-order valence-electron chi connectivity index (χ4n) is 1.98. The lowest BCUT2D eigenvalue weighted by Crippen LogP contribution is -2.33. The lowest BCUT2D eigenvalue weighted by molar-refractivity contribution is 0.345. The Kier molecular flexibility index (Phi) is 5.56. The van der Waals surface area contributed by atoms with Gasteiger partial charge in [0, 0.05) is 18.3 Å². The first-order valence-corrected chi connectivity index (χ1v) is 8.15. The second-order valence-electron chi connectivity index (χ2n) is 6.14. The van der Waals surface area contributed by atoms with E-state index in [1.54, 1.807) is 24.3 Å². The lowest BCUT2D eigenvalue weighted by Gasteiger charge is -2.23. The van der Waals surface area contributed by atoms with Crippen LogP contribution >= 0.6 is 0 Å². The molecule has 5 nitrogen and oxygen atoms in total. The van der Waals surface area contributed by atoms with Crippen LogP contribution in [-0.4, -0.2) is 28.1 Å². The highest BCUT2D eigenvalue weighted by molar-refractivity contribution is 7.89. The average molecular weight is 299 g/mol. The molecule has 1 rings (SSSR count). The molecule has 0 fully saturated rings. The van der Waals surface area contributed by atoms with Gasteiger partial charge < -0.3 is 11.1 Å². The molecule has 0 aliphatic rings. The SMILES string of the molecule is CNS(=O)(=O)c1ccc(NCC(N)CC(C)(C)C)cc1. The zero-order valence-corrected chi connectivity index (χ0v) is 13.4. The van der Waals surface area contributed by atoms with Gasteiger partial charge in [0.15, 0.2) is 0 Å². The van der Waals surface area contributed by atoms with Gasteiger partial charge in [0.05, 0.1) is 4.90 Å². The van der Waals surface area contributed by atoms with E-state index in [2.05, 4.69) is 30.8 Å². The normalized spacial score (nSPS) is 14.1. The van der Waals surface area contributed by atoms with E-state index in [1.165, 1.54) is 7.05 Å². The van der Waals surface area contributed by atoms with Crippen LogP contribution in [0.5, 0.6) is 0 Å². The molecule has 0 radical (unpaired) electrons. The zero-order valence-electron chi connectivity index (χ0n) is 12.6. The molecule has 0 spiro atoms. The number of sulfonamides is 1. The predicted octanol–water partition coefficient (Wildman–Crippen LogP) is 1.77. The van der Waals surface area contributed by atoms with Crippen molar-refractivity contribution in [2.75, 3.05) is 18.9 Å².